The quantitative estimate of drug-likeness (QED) is 0.890. The Bertz CT molecular complexity index is 513. The van der Waals surface area contributed by atoms with E-state index in [0.717, 1.165) is 16.8 Å². The number of rotatable bonds is 3. The van der Waals surface area contributed by atoms with Crippen LogP contribution in [0.25, 0.3) is 0 Å². The van der Waals surface area contributed by atoms with Crippen LogP contribution in [0.2, 0.25) is 0 Å². The maximum absolute atomic E-state index is 12.3. The van der Waals surface area contributed by atoms with Crippen molar-refractivity contribution in [2.24, 2.45) is 5.92 Å². The zero-order chi connectivity index (χ0) is 14.7. The first kappa shape index (κ1) is 14.6. The molecule has 1 aromatic carbocycles. The molecular weight excluding hydrogens is 252 g/mol. The Hall–Kier alpha value is -1.84. The van der Waals surface area contributed by atoms with Crippen molar-refractivity contribution in [1.29, 1.82) is 0 Å². The van der Waals surface area contributed by atoms with Gasteiger partial charge in [-0.15, -0.1) is 0 Å². The van der Waals surface area contributed by atoms with Crippen LogP contribution in [-0.2, 0) is 9.59 Å². The first-order valence-electron chi connectivity index (χ1n) is 7.16. The molecule has 0 bridgehead atoms. The largest absolute Gasteiger partial charge is 0.355 e. The fourth-order valence-corrected chi connectivity index (χ4v) is 2.52. The molecule has 0 radical (unpaired) electrons. The minimum atomic E-state index is -0.132. The van der Waals surface area contributed by atoms with Gasteiger partial charge in [-0.05, 0) is 30.4 Å². The maximum Gasteiger partial charge on any atom is 0.229 e. The van der Waals surface area contributed by atoms with Gasteiger partial charge in [0.25, 0.3) is 0 Å². The normalized spacial score (nSPS) is 18.8. The Balaban J connectivity index is 2.13. The lowest BCUT2D eigenvalue weighted by Gasteiger charge is -2.23. The van der Waals surface area contributed by atoms with Crippen LogP contribution in [-0.4, -0.2) is 18.4 Å². The number of aryl methyl sites for hydroxylation is 1. The van der Waals surface area contributed by atoms with Crippen LogP contribution in [0.3, 0.4) is 0 Å². The highest BCUT2D eigenvalue weighted by Crippen LogP contribution is 2.28. The van der Waals surface area contributed by atoms with Crippen LogP contribution in [0.1, 0.15) is 43.7 Å². The second-order valence-electron chi connectivity index (χ2n) is 5.72. The fraction of sp³-hybridized carbons (Fsp3) is 0.500. The lowest BCUT2D eigenvalue weighted by atomic mass is 9.95. The number of piperidine rings is 1. The highest BCUT2D eigenvalue weighted by Gasteiger charge is 2.25. The smallest absolute Gasteiger partial charge is 0.229 e. The summed E-state index contributed by atoms with van der Waals surface area (Å²) in [6, 6.07) is 6.07. The Labute approximate surface area is 119 Å². The number of anilines is 1. The third-order valence-electron chi connectivity index (χ3n) is 3.81. The molecule has 0 aromatic heterocycles. The third-order valence-corrected chi connectivity index (χ3v) is 3.81. The predicted octanol–water partition coefficient (Wildman–Crippen LogP) is 2.58. The minimum absolute atomic E-state index is 0.00111. The van der Waals surface area contributed by atoms with Gasteiger partial charge in [0.15, 0.2) is 0 Å². The molecule has 1 unspecified atom stereocenters. The molecule has 1 saturated heterocycles. The first-order valence-corrected chi connectivity index (χ1v) is 7.16. The van der Waals surface area contributed by atoms with Crippen molar-refractivity contribution in [3.8, 4) is 0 Å². The number of hydrogen-bond acceptors (Lipinski definition) is 2. The molecule has 20 heavy (non-hydrogen) atoms. The van der Waals surface area contributed by atoms with E-state index >= 15 is 0 Å². The van der Waals surface area contributed by atoms with Gasteiger partial charge in [0.05, 0.1) is 5.92 Å². The van der Waals surface area contributed by atoms with E-state index in [1.165, 1.54) is 0 Å². The van der Waals surface area contributed by atoms with E-state index in [1.54, 1.807) is 0 Å². The summed E-state index contributed by atoms with van der Waals surface area (Å²) in [4.78, 5) is 23.5. The summed E-state index contributed by atoms with van der Waals surface area (Å²) in [6.07, 6.45) is 1.06. The van der Waals surface area contributed by atoms with Gasteiger partial charge in [-0.3, -0.25) is 9.59 Å². The van der Waals surface area contributed by atoms with Crippen molar-refractivity contribution in [1.82, 2.24) is 5.32 Å². The number of para-hydroxylation sites is 1. The Kier molecular flexibility index (Phi) is 4.42. The van der Waals surface area contributed by atoms with Gasteiger partial charge in [-0.25, -0.2) is 0 Å². The van der Waals surface area contributed by atoms with Crippen molar-refractivity contribution >= 4 is 17.5 Å². The highest BCUT2D eigenvalue weighted by molar-refractivity contribution is 5.95. The fourth-order valence-electron chi connectivity index (χ4n) is 2.52. The summed E-state index contributed by atoms with van der Waals surface area (Å²) >= 11 is 0. The summed E-state index contributed by atoms with van der Waals surface area (Å²) in [5.74, 6) is 0.262. The van der Waals surface area contributed by atoms with E-state index in [-0.39, 0.29) is 17.7 Å². The molecule has 0 saturated carbocycles. The van der Waals surface area contributed by atoms with Crippen molar-refractivity contribution in [2.75, 3.05) is 11.9 Å². The van der Waals surface area contributed by atoms with Crippen molar-refractivity contribution in [3.05, 3.63) is 29.3 Å². The van der Waals surface area contributed by atoms with E-state index in [4.69, 9.17) is 0 Å². The average molecular weight is 274 g/mol. The molecule has 1 aromatic rings. The molecule has 0 spiro atoms. The van der Waals surface area contributed by atoms with Gasteiger partial charge in [0.1, 0.15) is 0 Å². The number of hydrogen-bond donors (Lipinski definition) is 2. The molecule has 0 aliphatic carbocycles. The second-order valence-corrected chi connectivity index (χ2v) is 5.72. The lowest BCUT2D eigenvalue weighted by Crippen LogP contribution is -2.40. The van der Waals surface area contributed by atoms with E-state index < -0.39 is 0 Å². The maximum atomic E-state index is 12.3. The predicted molar refractivity (Wildman–Crippen MR) is 79.6 cm³/mol. The number of carbonyl (C=O) groups excluding carboxylic acids is 2. The van der Waals surface area contributed by atoms with Gasteiger partial charge in [0.2, 0.25) is 11.8 Å². The van der Waals surface area contributed by atoms with E-state index in [9.17, 15) is 9.59 Å². The number of amides is 2. The molecule has 1 atom stereocenters. The highest BCUT2D eigenvalue weighted by atomic mass is 16.2. The first-order chi connectivity index (χ1) is 9.49. The van der Waals surface area contributed by atoms with Gasteiger partial charge in [0, 0.05) is 18.7 Å². The molecule has 1 fully saturated rings. The summed E-state index contributed by atoms with van der Waals surface area (Å²) in [5.41, 5.74) is 3.15. The van der Waals surface area contributed by atoms with E-state index in [2.05, 4.69) is 30.5 Å². The molecular formula is C16H22N2O2. The second kappa shape index (κ2) is 6.07. The van der Waals surface area contributed by atoms with Gasteiger partial charge >= 0.3 is 0 Å². The molecule has 2 rings (SSSR count). The number of nitrogens with one attached hydrogen (secondary N) is 2. The van der Waals surface area contributed by atoms with Crippen molar-refractivity contribution in [3.63, 3.8) is 0 Å². The van der Waals surface area contributed by atoms with Crippen LogP contribution in [0.5, 0.6) is 0 Å². The van der Waals surface area contributed by atoms with Crippen LogP contribution >= 0.6 is 0 Å². The minimum Gasteiger partial charge on any atom is -0.355 e. The van der Waals surface area contributed by atoms with Gasteiger partial charge < -0.3 is 10.6 Å². The Morgan fingerprint density at radius 1 is 1.40 bits per heavy atom. The molecule has 1 aliphatic rings. The third kappa shape index (κ3) is 3.18. The molecule has 4 heteroatoms. The Morgan fingerprint density at radius 2 is 2.15 bits per heavy atom. The monoisotopic (exact) mass is 274 g/mol. The van der Waals surface area contributed by atoms with Crippen LogP contribution in [0.4, 0.5) is 5.69 Å². The Morgan fingerprint density at radius 3 is 2.75 bits per heavy atom. The molecule has 4 nitrogen and oxygen atoms in total. The van der Waals surface area contributed by atoms with Gasteiger partial charge in [-0.2, -0.15) is 0 Å². The van der Waals surface area contributed by atoms with Crippen LogP contribution in [0, 0.1) is 12.8 Å². The zero-order valence-corrected chi connectivity index (χ0v) is 12.3. The van der Waals surface area contributed by atoms with Crippen LogP contribution in [0.15, 0.2) is 18.2 Å². The average Bonchev–Trinajstić information content (AvgIpc) is 2.41. The summed E-state index contributed by atoms with van der Waals surface area (Å²) in [6.45, 7) is 6.67. The zero-order valence-electron chi connectivity index (χ0n) is 12.3. The van der Waals surface area contributed by atoms with Crippen molar-refractivity contribution in [2.45, 2.75) is 39.5 Å². The van der Waals surface area contributed by atoms with E-state index in [0.29, 0.717) is 25.3 Å². The van der Waals surface area contributed by atoms with Crippen LogP contribution < -0.4 is 10.6 Å². The van der Waals surface area contributed by atoms with E-state index in [1.807, 2.05) is 19.1 Å². The van der Waals surface area contributed by atoms with Crippen molar-refractivity contribution < 1.29 is 9.59 Å². The summed E-state index contributed by atoms with van der Waals surface area (Å²) in [7, 11) is 0. The SMILES string of the molecule is Cc1cccc(C(C)C)c1NC(=O)C1CCC(=O)NC1. The summed E-state index contributed by atoms with van der Waals surface area (Å²) < 4.78 is 0. The topological polar surface area (TPSA) is 58.2 Å². The molecule has 2 amide bonds. The molecule has 1 heterocycles. The molecule has 108 valence electrons. The molecule has 2 N–H and O–H groups in total. The lowest BCUT2D eigenvalue weighted by molar-refractivity contribution is -0.126. The number of carbonyl (C=O) groups is 2. The summed E-state index contributed by atoms with van der Waals surface area (Å²) in [5, 5.41) is 5.81. The number of benzene rings is 1. The van der Waals surface area contributed by atoms with Gasteiger partial charge in [-0.1, -0.05) is 32.0 Å². The molecule has 1 aliphatic heterocycles. The standard InChI is InChI=1S/C16H22N2O2/c1-10(2)13-6-4-5-11(3)15(13)18-16(20)12-7-8-14(19)17-9-12/h4-6,10,12H,7-9H2,1-3H3,(H,17,19)(H,18,20).